The van der Waals surface area contributed by atoms with E-state index in [9.17, 15) is 18.3 Å². The normalized spacial score (nSPS) is 13.4. The molecule has 0 saturated carbocycles. The van der Waals surface area contributed by atoms with Crippen LogP contribution in [0.4, 0.5) is 13.2 Å². The van der Waals surface area contributed by atoms with Gasteiger partial charge in [-0.05, 0) is 37.1 Å². The molecule has 0 fully saturated rings. The first-order chi connectivity index (χ1) is 9.95. The molecule has 0 aliphatic carbocycles. The molecule has 2 N–H and O–H groups in total. The lowest BCUT2D eigenvalue weighted by Crippen LogP contribution is -2.23. The first-order valence-electron chi connectivity index (χ1n) is 7.09. The van der Waals surface area contributed by atoms with Crippen LogP contribution in [-0.2, 0) is 10.9 Å². The number of hydrogen-bond acceptors (Lipinski definition) is 3. The van der Waals surface area contributed by atoms with Gasteiger partial charge in [0.15, 0.2) is 0 Å². The topological polar surface area (TPSA) is 41.5 Å². The fraction of sp³-hybridized carbons (Fsp3) is 0.600. The molecule has 120 valence electrons. The quantitative estimate of drug-likeness (QED) is 0.689. The van der Waals surface area contributed by atoms with Gasteiger partial charge in [-0.25, -0.2) is 0 Å². The largest absolute Gasteiger partial charge is 0.416 e. The van der Waals surface area contributed by atoms with Crippen LogP contribution in [0.5, 0.6) is 0 Å². The third kappa shape index (κ3) is 6.93. The fourth-order valence-corrected chi connectivity index (χ4v) is 1.80. The van der Waals surface area contributed by atoms with Crippen molar-refractivity contribution in [1.29, 1.82) is 0 Å². The van der Waals surface area contributed by atoms with Crippen molar-refractivity contribution in [3.63, 3.8) is 0 Å². The molecule has 0 spiro atoms. The van der Waals surface area contributed by atoms with Gasteiger partial charge in [0, 0.05) is 19.8 Å². The fourth-order valence-electron chi connectivity index (χ4n) is 1.80. The first kappa shape index (κ1) is 17.9. The van der Waals surface area contributed by atoms with Gasteiger partial charge in [-0.1, -0.05) is 19.1 Å². The first-order valence-corrected chi connectivity index (χ1v) is 7.09. The number of hydrogen-bond donors (Lipinski definition) is 2. The molecule has 0 aliphatic heterocycles. The number of aliphatic hydroxyl groups is 1. The van der Waals surface area contributed by atoms with E-state index >= 15 is 0 Å². The van der Waals surface area contributed by atoms with Crippen LogP contribution < -0.4 is 5.32 Å². The van der Waals surface area contributed by atoms with Gasteiger partial charge in [0.2, 0.25) is 0 Å². The summed E-state index contributed by atoms with van der Waals surface area (Å²) >= 11 is 0. The maximum Gasteiger partial charge on any atom is 0.416 e. The SMILES string of the molecule is CCCOCCCNCC(O)c1ccc(C(F)(F)F)cc1. The van der Waals surface area contributed by atoms with Crippen molar-refractivity contribution in [2.24, 2.45) is 0 Å². The molecule has 1 rings (SSSR count). The Morgan fingerprint density at radius 2 is 1.86 bits per heavy atom. The number of rotatable bonds is 9. The molecule has 0 heterocycles. The van der Waals surface area contributed by atoms with Gasteiger partial charge in [0.1, 0.15) is 0 Å². The zero-order chi connectivity index (χ0) is 15.7. The predicted molar refractivity (Wildman–Crippen MR) is 75.0 cm³/mol. The molecule has 0 aromatic heterocycles. The Hall–Kier alpha value is -1.11. The third-order valence-electron chi connectivity index (χ3n) is 2.95. The molecule has 0 amide bonds. The smallest absolute Gasteiger partial charge is 0.387 e. The van der Waals surface area contributed by atoms with E-state index in [0.29, 0.717) is 25.3 Å². The summed E-state index contributed by atoms with van der Waals surface area (Å²) in [6.45, 7) is 4.45. The van der Waals surface area contributed by atoms with Crippen molar-refractivity contribution in [2.75, 3.05) is 26.3 Å². The van der Waals surface area contributed by atoms with Crippen molar-refractivity contribution in [3.8, 4) is 0 Å². The molecule has 21 heavy (non-hydrogen) atoms. The summed E-state index contributed by atoms with van der Waals surface area (Å²) in [4.78, 5) is 0. The van der Waals surface area contributed by atoms with E-state index < -0.39 is 17.8 Å². The lowest BCUT2D eigenvalue weighted by molar-refractivity contribution is -0.137. The van der Waals surface area contributed by atoms with Crippen LogP contribution in [0, 0.1) is 0 Å². The summed E-state index contributed by atoms with van der Waals surface area (Å²) in [6.07, 6.45) is -3.34. The minimum absolute atomic E-state index is 0.305. The van der Waals surface area contributed by atoms with E-state index in [1.807, 2.05) is 6.92 Å². The van der Waals surface area contributed by atoms with Crippen LogP contribution in [0.2, 0.25) is 0 Å². The van der Waals surface area contributed by atoms with Gasteiger partial charge in [0.05, 0.1) is 11.7 Å². The molecule has 1 aromatic carbocycles. The second kappa shape index (κ2) is 9.02. The van der Waals surface area contributed by atoms with Crippen molar-refractivity contribution in [1.82, 2.24) is 5.32 Å². The number of aliphatic hydroxyl groups excluding tert-OH is 1. The van der Waals surface area contributed by atoms with E-state index in [4.69, 9.17) is 4.74 Å². The lowest BCUT2D eigenvalue weighted by atomic mass is 10.1. The second-order valence-corrected chi connectivity index (χ2v) is 4.81. The molecule has 0 saturated heterocycles. The van der Waals surface area contributed by atoms with Gasteiger partial charge in [-0.15, -0.1) is 0 Å². The van der Waals surface area contributed by atoms with Gasteiger partial charge in [-0.2, -0.15) is 13.2 Å². The van der Waals surface area contributed by atoms with E-state index in [-0.39, 0.29) is 0 Å². The predicted octanol–water partition coefficient (Wildman–Crippen LogP) is 3.15. The van der Waals surface area contributed by atoms with Crippen LogP contribution in [-0.4, -0.2) is 31.4 Å². The second-order valence-electron chi connectivity index (χ2n) is 4.81. The Kier molecular flexibility index (Phi) is 7.71. The molecule has 3 nitrogen and oxygen atoms in total. The van der Waals surface area contributed by atoms with E-state index in [2.05, 4.69) is 5.32 Å². The Balaban J connectivity index is 2.27. The standard InChI is InChI=1S/C15H22F3NO2/c1-2-9-21-10-3-8-19-11-14(20)12-4-6-13(7-5-12)15(16,17)18/h4-7,14,19-20H,2-3,8-11H2,1H3. The van der Waals surface area contributed by atoms with Crippen molar-refractivity contribution < 1.29 is 23.0 Å². The molecular formula is C15H22F3NO2. The Labute approximate surface area is 123 Å². The highest BCUT2D eigenvalue weighted by Gasteiger charge is 2.30. The maximum atomic E-state index is 12.4. The summed E-state index contributed by atoms with van der Waals surface area (Å²) in [7, 11) is 0. The van der Waals surface area contributed by atoms with Crippen LogP contribution in [0.25, 0.3) is 0 Å². The monoisotopic (exact) mass is 305 g/mol. The highest BCUT2D eigenvalue weighted by Crippen LogP contribution is 2.29. The minimum Gasteiger partial charge on any atom is -0.387 e. The van der Waals surface area contributed by atoms with Crippen LogP contribution >= 0.6 is 0 Å². The molecule has 0 bridgehead atoms. The number of alkyl halides is 3. The van der Waals surface area contributed by atoms with Gasteiger partial charge < -0.3 is 15.2 Å². The van der Waals surface area contributed by atoms with Crippen LogP contribution in [0.15, 0.2) is 24.3 Å². The zero-order valence-corrected chi connectivity index (χ0v) is 12.1. The highest BCUT2D eigenvalue weighted by atomic mass is 19.4. The molecule has 1 atom stereocenters. The van der Waals surface area contributed by atoms with Gasteiger partial charge in [-0.3, -0.25) is 0 Å². The lowest BCUT2D eigenvalue weighted by Gasteiger charge is -2.13. The summed E-state index contributed by atoms with van der Waals surface area (Å²) in [5, 5.41) is 12.9. The molecule has 0 radical (unpaired) electrons. The van der Waals surface area contributed by atoms with E-state index in [1.165, 1.54) is 12.1 Å². The average molecular weight is 305 g/mol. The maximum absolute atomic E-state index is 12.4. The number of nitrogens with one attached hydrogen (secondary N) is 1. The molecule has 0 aliphatic rings. The number of benzene rings is 1. The molecular weight excluding hydrogens is 283 g/mol. The van der Waals surface area contributed by atoms with Gasteiger partial charge in [0.25, 0.3) is 0 Å². The summed E-state index contributed by atoms with van der Waals surface area (Å²) in [5.41, 5.74) is -0.239. The molecule has 1 unspecified atom stereocenters. The third-order valence-corrected chi connectivity index (χ3v) is 2.95. The van der Waals surface area contributed by atoms with Crippen LogP contribution in [0.3, 0.4) is 0 Å². The van der Waals surface area contributed by atoms with Crippen LogP contribution in [0.1, 0.15) is 37.0 Å². The van der Waals surface area contributed by atoms with Gasteiger partial charge >= 0.3 is 6.18 Å². The van der Waals surface area contributed by atoms with Crippen molar-refractivity contribution >= 4 is 0 Å². The average Bonchev–Trinajstić information content (AvgIpc) is 2.45. The Morgan fingerprint density at radius 3 is 2.43 bits per heavy atom. The molecule has 6 heteroatoms. The zero-order valence-electron chi connectivity index (χ0n) is 12.1. The summed E-state index contributed by atoms with van der Waals surface area (Å²) < 4.78 is 42.5. The summed E-state index contributed by atoms with van der Waals surface area (Å²) in [5.74, 6) is 0. The van der Waals surface area contributed by atoms with Crippen molar-refractivity contribution in [3.05, 3.63) is 35.4 Å². The number of halogens is 3. The summed E-state index contributed by atoms with van der Waals surface area (Å²) in [6, 6.07) is 4.58. The minimum atomic E-state index is -4.35. The molecule has 1 aromatic rings. The van der Waals surface area contributed by atoms with Crippen molar-refractivity contribution in [2.45, 2.75) is 32.0 Å². The Morgan fingerprint density at radius 1 is 1.19 bits per heavy atom. The highest BCUT2D eigenvalue weighted by molar-refractivity contribution is 5.26. The Bertz CT molecular complexity index is 393. The van der Waals surface area contributed by atoms with E-state index in [1.54, 1.807) is 0 Å². The van der Waals surface area contributed by atoms with E-state index in [0.717, 1.165) is 31.6 Å². The number of ether oxygens (including phenoxy) is 1.